The van der Waals surface area contributed by atoms with Crippen molar-refractivity contribution in [2.45, 2.75) is 6.54 Å². The van der Waals surface area contributed by atoms with Crippen molar-refractivity contribution in [1.82, 2.24) is 0 Å². The van der Waals surface area contributed by atoms with Crippen LogP contribution in [-0.4, -0.2) is 21.3 Å². The quantitative estimate of drug-likeness (QED) is 0.850. The van der Waals surface area contributed by atoms with E-state index in [1.807, 2.05) is 36.4 Å². The number of benzene rings is 2. The summed E-state index contributed by atoms with van der Waals surface area (Å²) in [5.74, 6) is 2.34. The van der Waals surface area contributed by atoms with E-state index in [2.05, 4.69) is 21.2 Å². The van der Waals surface area contributed by atoms with Crippen LogP contribution in [0, 0.1) is 0 Å². The lowest BCUT2D eigenvalue weighted by Crippen LogP contribution is -2.02. The molecule has 0 bridgehead atoms. The number of hydrogen-bond acceptors (Lipinski definition) is 4. The SMILES string of the molecule is COc1ccc(NCc2ccc(OC)c(Br)c2)c(OC)c1. The van der Waals surface area contributed by atoms with Gasteiger partial charge >= 0.3 is 0 Å². The lowest BCUT2D eigenvalue weighted by atomic mass is 10.2. The normalized spacial score (nSPS) is 10.1. The number of anilines is 1. The summed E-state index contributed by atoms with van der Waals surface area (Å²) in [6.07, 6.45) is 0. The van der Waals surface area contributed by atoms with E-state index in [9.17, 15) is 0 Å². The fourth-order valence-electron chi connectivity index (χ4n) is 1.96. The third kappa shape index (κ3) is 3.82. The van der Waals surface area contributed by atoms with E-state index in [1.165, 1.54) is 0 Å². The van der Waals surface area contributed by atoms with Gasteiger partial charge in [0.2, 0.25) is 0 Å². The molecule has 0 amide bonds. The first-order chi connectivity index (χ1) is 10.2. The van der Waals surface area contributed by atoms with Crippen molar-refractivity contribution < 1.29 is 14.2 Å². The molecule has 2 aromatic rings. The predicted octanol–water partition coefficient (Wildman–Crippen LogP) is 4.09. The van der Waals surface area contributed by atoms with Crippen molar-refractivity contribution in [1.29, 1.82) is 0 Å². The van der Waals surface area contributed by atoms with Gasteiger partial charge in [-0.05, 0) is 45.8 Å². The van der Waals surface area contributed by atoms with E-state index in [0.717, 1.165) is 33.0 Å². The molecule has 112 valence electrons. The minimum Gasteiger partial charge on any atom is -0.497 e. The molecule has 5 heteroatoms. The van der Waals surface area contributed by atoms with Crippen LogP contribution < -0.4 is 19.5 Å². The number of ether oxygens (including phenoxy) is 3. The number of nitrogens with one attached hydrogen (secondary N) is 1. The first kappa shape index (κ1) is 15.5. The van der Waals surface area contributed by atoms with Gasteiger partial charge in [0.25, 0.3) is 0 Å². The Bertz CT molecular complexity index is 616. The molecule has 1 N–H and O–H groups in total. The highest BCUT2D eigenvalue weighted by molar-refractivity contribution is 9.10. The summed E-state index contributed by atoms with van der Waals surface area (Å²) in [6, 6.07) is 11.7. The maximum Gasteiger partial charge on any atom is 0.145 e. The summed E-state index contributed by atoms with van der Waals surface area (Å²) >= 11 is 3.49. The summed E-state index contributed by atoms with van der Waals surface area (Å²) in [4.78, 5) is 0. The zero-order chi connectivity index (χ0) is 15.2. The molecule has 2 rings (SSSR count). The molecule has 0 saturated carbocycles. The van der Waals surface area contributed by atoms with Crippen LogP contribution in [0.4, 0.5) is 5.69 Å². The Morgan fingerprint density at radius 3 is 2.29 bits per heavy atom. The molecule has 0 aliphatic heterocycles. The molecular formula is C16H18BrNO3. The average molecular weight is 352 g/mol. The molecule has 0 aliphatic carbocycles. The first-order valence-corrected chi connectivity index (χ1v) is 7.25. The monoisotopic (exact) mass is 351 g/mol. The highest BCUT2D eigenvalue weighted by atomic mass is 79.9. The topological polar surface area (TPSA) is 39.7 Å². The van der Waals surface area contributed by atoms with Crippen molar-refractivity contribution in [3.63, 3.8) is 0 Å². The number of hydrogen-bond donors (Lipinski definition) is 1. The highest BCUT2D eigenvalue weighted by Crippen LogP contribution is 2.30. The molecule has 0 spiro atoms. The van der Waals surface area contributed by atoms with Crippen LogP contribution in [0.25, 0.3) is 0 Å². The van der Waals surface area contributed by atoms with E-state index < -0.39 is 0 Å². The van der Waals surface area contributed by atoms with Crippen molar-refractivity contribution >= 4 is 21.6 Å². The predicted molar refractivity (Wildman–Crippen MR) is 87.6 cm³/mol. The summed E-state index contributed by atoms with van der Waals surface area (Å²) in [7, 11) is 4.93. The lowest BCUT2D eigenvalue weighted by molar-refractivity contribution is 0.395. The van der Waals surface area contributed by atoms with Crippen molar-refractivity contribution in [3.05, 3.63) is 46.4 Å². The maximum absolute atomic E-state index is 5.36. The van der Waals surface area contributed by atoms with Gasteiger partial charge in [-0.25, -0.2) is 0 Å². The van der Waals surface area contributed by atoms with Crippen molar-refractivity contribution in [2.75, 3.05) is 26.6 Å². The molecule has 0 heterocycles. The Balaban J connectivity index is 2.10. The lowest BCUT2D eigenvalue weighted by Gasteiger charge is -2.13. The molecular weight excluding hydrogens is 334 g/mol. The zero-order valence-electron chi connectivity index (χ0n) is 12.3. The van der Waals surface area contributed by atoms with Gasteiger partial charge in [-0.2, -0.15) is 0 Å². The first-order valence-electron chi connectivity index (χ1n) is 6.46. The molecule has 0 atom stereocenters. The van der Waals surface area contributed by atoms with Crippen molar-refractivity contribution in [2.24, 2.45) is 0 Å². The second-order valence-electron chi connectivity index (χ2n) is 4.39. The third-order valence-corrected chi connectivity index (χ3v) is 3.73. The smallest absolute Gasteiger partial charge is 0.145 e. The molecule has 0 saturated heterocycles. The molecule has 0 aliphatic rings. The minimum atomic E-state index is 0.686. The Hall–Kier alpha value is -1.88. The van der Waals surface area contributed by atoms with Gasteiger partial charge in [0.15, 0.2) is 0 Å². The van der Waals surface area contributed by atoms with Gasteiger partial charge < -0.3 is 19.5 Å². The van der Waals surface area contributed by atoms with E-state index in [0.29, 0.717) is 6.54 Å². The Morgan fingerprint density at radius 2 is 1.67 bits per heavy atom. The van der Waals surface area contributed by atoms with Crippen LogP contribution in [0.2, 0.25) is 0 Å². The molecule has 2 aromatic carbocycles. The van der Waals surface area contributed by atoms with Crippen LogP contribution in [0.3, 0.4) is 0 Å². The van der Waals surface area contributed by atoms with Gasteiger partial charge in [-0.1, -0.05) is 6.07 Å². The molecule has 0 aromatic heterocycles. The number of rotatable bonds is 6. The Labute approximate surface area is 133 Å². The van der Waals surface area contributed by atoms with E-state index >= 15 is 0 Å². The molecule has 0 fully saturated rings. The molecule has 0 unspecified atom stereocenters. The molecule has 0 radical (unpaired) electrons. The minimum absolute atomic E-state index is 0.686. The third-order valence-electron chi connectivity index (χ3n) is 3.11. The van der Waals surface area contributed by atoms with Crippen molar-refractivity contribution in [3.8, 4) is 17.2 Å². The fraction of sp³-hybridized carbons (Fsp3) is 0.250. The van der Waals surface area contributed by atoms with E-state index in [-0.39, 0.29) is 0 Å². The van der Waals surface area contributed by atoms with Crippen LogP contribution >= 0.6 is 15.9 Å². The van der Waals surface area contributed by atoms with Gasteiger partial charge in [-0.15, -0.1) is 0 Å². The summed E-state index contributed by atoms with van der Waals surface area (Å²) in [6.45, 7) is 0.686. The summed E-state index contributed by atoms with van der Waals surface area (Å²) in [5, 5.41) is 3.35. The van der Waals surface area contributed by atoms with Crippen LogP contribution in [0.1, 0.15) is 5.56 Å². The second-order valence-corrected chi connectivity index (χ2v) is 5.24. The van der Waals surface area contributed by atoms with Crippen LogP contribution in [-0.2, 0) is 6.54 Å². The maximum atomic E-state index is 5.36. The fourth-order valence-corrected chi connectivity index (χ4v) is 2.55. The van der Waals surface area contributed by atoms with E-state index in [4.69, 9.17) is 14.2 Å². The van der Waals surface area contributed by atoms with Crippen LogP contribution in [0.5, 0.6) is 17.2 Å². The standard InChI is InChI=1S/C16H18BrNO3/c1-19-12-5-6-14(16(9-12)21-3)18-10-11-4-7-15(20-2)13(17)8-11/h4-9,18H,10H2,1-3H3. The zero-order valence-corrected chi connectivity index (χ0v) is 13.9. The van der Waals surface area contributed by atoms with Gasteiger partial charge in [0.05, 0.1) is 31.5 Å². The second kappa shape index (κ2) is 7.22. The Kier molecular flexibility index (Phi) is 5.33. The average Bonchev–Trinajstić information content (AvgIpc) is 2.52. The summed E-state index contributed by atoms with van der Waals surface area (Å²) in [5.41, 5.74) is 2.06. The van der Waals surface area contributed by atoms with Gasteiger partial charge in [0, 0.05) is 12.6 Å². The van der Waals surface area contributed by atoms with Crippen LogP contribution in [0.15, 0.2) is 40.9 Å². The van der Waals surface area contributed by atoms with E-state index in [1.54, 1.807) is 21.3 Å². The summed E-state index contributed by atoms with van der Waals surface area (Å²) < 4.78 is 16.7. The molecule has 21 heavy (non-hydrogen) atoms. The van der Waals surface area contributed by atoms with Gasteiger partial charge in [0.1, 0.15) is 17.2 Å². The number of halogens is 1. The Morgan fingerprint density at radius 1 is 0.905 bits per heavy atom. The largest absolute Gasteiger partial charge is 0.497 e. The van der Waals surface area contributed by atoms with Gasteiger partial charge in [-0.3, -0.25) is 0 Å². The highest BCUT2D eigenvalue weighted by Gasteiger charge is 2.06. The number of methoxy groups -OCH3 is 3. The molecule has 4 nitrogen and oxygen atoms in total.